The monoisotopic (exact) mass is 232 g/mol. The summed E-state index contributed by atoms with van der Waals surface area (Å²) in [4.78, 5) is 1.59. The lowest BCUT2D eigenvalue weighted by atomic mass is 9.66. The van der Waals surface area contributed by atoms with Crippen LogP contribution < -0.4 is 0 Å². The van der Waals surface area contributed by atoms with E-state index in [1.54, 1.807) is 10.5 Å². The minimum Gasteiger partial charge on any atom is -0.122 e. The highest BCUT2D eigenvalue weighted by Gasteiger charge is 2.45. The van der Waals surface area contributed by atoms with Gasteiger partial charge >= 0.3 is 0 Å². The zero-order valence-electron chi connectivity index (χ0n) is 10.4. The third-order valence-corrected chi connectivity index (χ3v) is 5.97. The summed E-state index contributed by atoms with van der Waals surface area (Å²) in [6.45, 7) is 7.18. The number of thioether (sulfide) groups is 1. The Balaban J connectivity index is 2.11. The molecule has 0 spiro atoms. The summed E-state index contributed by atoms with van der Waals surface area (Å²) >= 11 is 2.15. The predicted molar refractivity (Wildman–Crippen MR) is 71.2 cm³/mol. The van der Waals surface area contributed by atoms with E-state index in [0.29, 0.717) is 5.41 Å². The van der Waals surface area contributed by atoms with Gasteiger partial charge in [0.1, 0.15) is 0 Å². The van der Waals surface area contributed by atoms with Gasteiger partial charge in [0, 0.05) is 16.1 Å². The standard InChI is InChI=1S/C15H20S/c1-10-6-4-7-11-13-12(16-14(10)11)8-5-9-15(13,2)3/h4,6-7,12-13H,5,8-9H2,1-3H3. The maximum atomic E-state index is 2.46. The Bertz CT molecular complexity index is 419. The highest BCUT2D eigenvalue weighted by atomic mass is 32.2. The van der Waals surface area contributed by atoms with Crippen molar-refractivity contribution in [2.45, 2.75) is 56.1 Å². The summed E-state index contributed by atoms with van der Waals surface area (Å²) in [5.41, 5.74) is 3.61. The van der Waals surface area contributed by atoms with Gasteiger partial charge in [-0.2, -0.15) is 0 Å². The van der Waals surface area contributed by atoms with Crippen LogP contribution in [-0.2, 0) is 0 Å². The van der Waals surface area contributed by atoms with Gasteiger partial charge in [0.15, 0.2) is 0 Å². The van der Waals surface area contributed by atoms with Gasteiger partial charge in [-0.15, -0.1) is 11.8 Å². The first-order valence-corrected chi connectivity index (χ1v) is 7.24. The van der Waals surface area contributed by atoms with E-state index in [1.807, 2.05) is 0 Å². The van der Waals surface area contributed by atoms with Crippen molar-refractivity contribution >= 4 is 11.8 Å². The van der Waals surface area contributed by atoms with Crippen LogP contribution in [0.15, 0.2) is 23.1 Å². The number of hydrogen-bond donors (Lipinski definition) is 0. The Labute approximate surface area is 103 Å². The van der Waals surface area contributed by atoms with Gasteiger partial charge in [-0.05, 0) is 36.3 Å². The summed E-state index contributed by atoms with van der Waals surface area (Å²) in [5, 5.41) is 0.847. The van der Waals surface area contributed by atoms with Crippen molar-refractivity contribution in [2.75, 3.05) is 0 Å². The average molecular weight is 232 g/mol. The van der Waals surface area contributed by atoms with Crippen molar-refractivity contribution in [1.82, 2.24) is 0 Å². The maximum Gasteiger partial charge on any atom is 0.0169 e. The van der Waals surface area contributed by atoms with Gasteiger partial charge in [-0.25, -0.2) is 0 Å². The number of benzene rings is 1. The fourth-order valence-electron chi connectivity index (χ4n) is 3.56. The molecule has 86 valence electrons. The molecule has 0 nitrogen and oxygen atoms in total. The van der Waals surface area contributed by atoms with E-state index in [2.05, 4.69) is 50.7 Å². The SMILES string of the molecule is Cc1cccc2c1SC1CCCC(C)(C)C21. The Kier molecular flexibility index (Phi) is 2.36. The van der Waals surface area contributed by atoms with Gasteiger partial charge in [0.05, 0.1) is 0 Å². The molecule has 16 heavy (non-hydrogen) atoms. The van der Waals surface area contributed by atoms with E-state index in [-0.39, 0.29) is 0 Å². The summed E-state index contributed by atoms with van der Waals surface area (Å²) in [7, 11) is 0. The Morgan fingerprint density at radius 3 is 2.94 bits per heavy atom. The molecule has 2 aliphatic rings. The zero-order valence-corrected chi connectivity index (χ0v) is 11.2. The molecule has 2 unspecified atom stereocenters. The molecule has 0 N–H and O–H groups in total. The maximum absolute atomic E-state index is 2.46. The number of aryl methyl sites for hydroxylation is 1. The largest absolute Gasteiger partial charge is 0.122 e. The number of hydrogen-bond acceptors (Lipinski definition) is 1. The molecule has 1 fully saturated rings. The molecule has 2 atom stereocenters. The van der Waals surface area contributed by atoms with Crippen LogP contribution in [0.2, 0.25) is 0 Å². The average Bonchev–Trinajstić information content (AvgIpc) is 2.58. The van der Waals surface area contributed by atoms with Crippen molar-refractivity contribution in [1.29, 1.82) is 0 Å². The Hall–Kier alpha value is -0.430. The number of rotatable bonds is 0. The normalized spacial score (nSPS) is 30.9. The van der Waals surface area contributed by atoms with Crippen LogP contribution in [0, 0.1) is 12.3 Å². The van der Waals surface area contributed by atoms with Crippen LogP contribution in [0.4, 0.5) is 0 Å². The fraction of sp³-hybridized carbons (Fsp3) is 0.600. The zero-order chi connectivity index (χ0) is 11.3. The predicted octanol–water partition coefficient (Wildman–Crippen LogP) is 4.76. The van der Waals surface area contributed by atoms with Crippen molar-refractivity contribution in [2.24, 2.45) is 5.41 Å². The molecule has 0 amide bonds. The van der Waals surface area contributed by atoms with Gasteiger partial charge in [-0.1, -0.05) is 38.5 Å². The minimum atomic E-state index is 0.495. The molecule has 0 saturated heterocycles. The van der Waals surface area contributed by atoms with Crippen molar-refractivity contribution in [3.63, 3.8) is 0 Å². The van der Waals surface area contributed by atoms with E-state index >= 15 is 0 Å². The van der Waals surface area contributed by atoms with Crippen LogP contribution in [0.25, 0.3) is 0 Å². The molecular formula is C15H20S. The van der Waals surface area contributed by atoms with Gasteiger partial charge < -0.3 is 0 Å². The first kappa shape index (κ1) is 10.7. The molecule has 1 aromatic carbocycles. The van der Waals surface area contributed by atoms with E-state index in [1.165, 1.54) is 24.8 Å². The third-order valence-electron chi connectivity index (χ3n) is 4.37. The molecule has 1 aliphatic heterocycles. The Morgan fingerprint density at radius 1 is 1.31 bits per heavy atom. The molecule has 1 heterocycles. The van der Waals surface area contributed by atoms with Gasteiger partial charge in [-0.3, -0.25) is 0 Å². The van der Waals surface area contributed by atoms with Crippen molar-refractivity contribution < 1.29 is 0 Å². The molecule has 1 aromatic rings. The highest BCUT2D eigenvalue weighted by Crippen LogP contribution is 2.59. The smallest absolute Gasteiger partial charge is 0.0169 e. The first-order valence-electron chi connectivity index (χ1n) is 6.36. The van der Waals surface area contributed by atoms with Crippen LogP contribution in [0.5, 0.6) is 0 Å². The first-order chi connectivity index (χ1) is 7.59. The quantitative estimate of drug-likeness (QED) is 0.621. The third kappa shape index (κ3) is 1.44. The van der Waals surface area contributed by atoms with Crippen LogP contribution >= 0.6 is 11.8 Å². The second-order valence-electron chi connectivity index (χ2n) is 6.01. The highest BCUT2D eigenvalue weighted by molar-refractivity contribution is 8.00. The van der Waals surface area contributed by atoms with Gasteiger partial charge in [0.25, 0.3) is 0 Å². The second kappa shape index (κ2) is 3.53. The number of fused-ring (bicyclic) bond motifs is 3. The summed E-state index contributed by atoms with van der Waals surface area (Å²) in [6.07, 6.45) is 4.21. The molecule has 0 aromatic heterocycles. The van der Waals surface area contributed by atoms with Gasteiger partial charge in [0.2, 0.25) is 0 Å². The summed E-state index contributed by atoms with van der Waals surface area (Å²) < 4.78 is 0. The molecule has 0 bridgehead atoms. The van der Waals surface area contributed by atoms with Crippen LogP contribution in [0.1, 0.15) is 50.2 Å². The molecule has 1 heteroatoms. The molecular weight excluding hydrogens is 212 g/mol. The lowest BCUT2D eigenvalue weighted by molar-refractivity contribution is 0.208. The fourth-order valence-corrected chi connectivity index (χ4v) is 5.39. The summed E-state index contributed by atoms with van der Waals surface area (Å²) in [5.74, 6) is 0.793. The molecule has 1 saturated carbocycles. The van der Waals surface area contributed by atoms with Crippen molar-refractivity contribution in [3.05, 3.63) is 29.3 Å². The molecule has 3 rings (SSSR count). The van der Waals surface area contributed by atoms with E-state index in [0.717, 1.165) is 11.2 Å². The Morgan fingerprint density at radius 2 is 2.12 bits per heavy atom. The van der Waals surface area contributed by atoms with Crippen LogP contribution in [-0.4, -0.2) is 5.25 Å². The lowest BCUT2D eigenvalue weighted by Gasteiger charge is -2.40. The lowest BCUT2D eigenvalue weighted by Crippen LogP contribution is -2.32. The molecule has 0 radical (unpaired) electrons. The summed E-state index contributed by atoms with van der Waals surface area (Å²) in [6, 6.07) is 6.87. The van der Waals surface area contributed by atoms with E-state index in [9.17, 15) is 0 Å². The minimum absolute atomic E-state index is 0.495. The second-order valence-corrected chi connectivity index (χ2v) is 7.26. The van der Waals surface area contributed by atoms with Crippen LogP contribution in [0.3, 0.4) is 0 Å². The van der Waals surface area contributed by atoms with E-state index < -0.39 is 0 Å². The van der Waals surface area contributed by atoms with Crippen molar-refractivity contribution in [3.8, 4) is 0 Å². The van der Waals surface area contributed by atoms with E-state index in [4.69, 9.17) is 0 Å². The topological polar surface area (TPSA) is 0 Å². The molecule has 1 aliphatic carbocycles.